The number of amides is 1. The number of carbonyl (C=O) groups excluding carboxylic acids is 1. The van der Waals surface area contributed by atoms with Gasteiger partial charge >= 0.3 is 6.18 Å². The van der Waals surface area contributed by atoms with E-state index in [4.69, 9.17) is 5.73 Å². The second-order valence-electron chi connectivity index (χ2n) is 4.44. The first-order chi connectivity index (χ1) is 9.55. The summed E-state index contributed by atoms with van der Waals surface area (Å²) < 4.78 is 60.8. The lowest BCUT2D eigenvalue weighted by Gasteiger charge is -2.12. The number of nitrogens with one attached hydrogen (secondary N) is 1. The molecule has 0 aliphatic heterocycles. The van der Waals surface area contributed by atoms with Crippen molar-refractivity contribution in [2.45, 2.75) is 19.5 Å². The van der Waals surface area contributed by atoms with Crippen molar-refractivity contribution in [2.24, 2.45) is 0 Å². The van der Waals surface area contributed by atoms with Crippen molar-refractivity contribution >= 4 is 27.1 Å². The van der Waals surface area contributed by atoms with E-state index in [2.05, 4.69) is 5.32 Å². The maximum atomic E-state index is 12.6. The number of benzene rings is 1. The van der Waals surface area contributed by atoms with Crippen LogP contribution in [0.25, 0.3) is 0 Å². The fourth-order valence-corrected chi connectivity index (χ4v) is 2.90. The molecule has 5 nitrogen and oxygen atoms in total. The fourth-order valence-electron chi connectivity index (χ4n) is 1.66. The number of nitrogen functional groups attached to an aromatic ring is 1. The van der Waals surface area contributed by atoms with E-state index in [1.54, 1.807) is 6.92 Å². The van der Waals surface area contributed by atoms with Crippen LogP contribution in [0.15, 0.2) is 18.2 Å². The minimum Gasteiger partial charge on any atom is -0.398 e. The monoisotopic (exact) mass is 324 g/mol. The van der Waals surface area contributed by atoms with E-state index in [9.17, 15) is 26.4 Å². The number of halogens is 3. The molecule has 0 heterocycles. The Labute approximate surface area is 120 Å². The summed E-state index contributed by atoms with van der Waals surface area (Å²) in [5.74, 6) is -1.82. The summed E-state index contributed by atoms with van der Waals surface area (Å²) in [6, 6.07) is 2.84. The van der Waals surface area contributed by atoms with Gasteiger partial charge < -0.3 is 11.1 Å². The van der Waals surface area contributed by atoms with Crippen LogP contribution < -0.4 is 11.1 Å². The Morgan fingerprint density at radius 2 is 1.95 bits per heavy atom. The van der Waals surface area contributed by atoms with Crippen molar-refractivity contribution in [3.63, 3.8) is 0 Å². The van der Waals surface area contributed by atoms with Gasteiger partial charge in [-0.2, -0.15) is 13.2 Å². The third-order valence-corrected chi connectivity index (χ3v) is 4.24. The van der Waals surface area contributed by atoms with Crippen LogP contribution in [0, 0.1) is 0 Å². The van der Waals surface area contributed by atoms with Gasteiger partial charge in [0.1, 0.15) is 5.75 Å². The van der Waals surface area contributed by atoms with Gasteiger partial charge in [-0.05, 0) is 24.6 Å². The normalized spacial score (nSPS) is 12.2. The molecule has 0 radical (unpaired) electrons. The molecule has 0 saturated carbocycles. The summed E-state index contributed by atoms with van der Waals surface area (Å²) in [6.07, 6.45) is -4.30. The molecule has 0 aliphatic carbocycles. The number of carbonyl (C=O) groups is 1. The standard InChI is InChI=1S/C12H15F3N2O3S/c1-2-5-21(19,20)7-11(18)17-8-3-4-10(16)9(6-8)12(13,14)15/h3-4,6H,2,5,7,16H2,1H3,(H,17,18). The molecule has 0 aliphatic rings. The number of rotatable bonds is 5. The highest BCUT2D eigenvalue weighted by Gasteiger charge is 2.33. The number of hydrogen-bond donors (Lipinski definition) is 2. The maximum Gasteiger partial charge on any atom is 0.418 e. The molecule has 1 aromatic carbocycles. The smallest absolute Gasteiger partial charge is 0.398 e. The Balaban J connectivity index is 2.87. The van der Waals surface area contributed by atoms with Gasteiger partial charge in [-0.15, -0.1) is 0 Å². The van der Waals surface area contributed by atoms with Crippen LogP contribution in [0.2, 0.25) is 0 Å². The van der Waals surface area contributed by atoms with Gasteiger partial charge in [0, 0.05) is 11.4 Å². The van der Waals surface area contributed by atoms with Crippen LogP contribution in [0.5, 0.6) is 0 Å². The lowest BCUT2D eigenvalue weighted by atomic mass is 10.1. The molecule has 0 bridgehead atoms. The van der Waals surface area contributed by atoms with Crippen molar-refractivity contribution in [3.05, 3.63) is 23.8 Å². The summed E-state index contributed by atoms with van der Waals surface area (Å²) in [5, 5.41) is 2.12. The van der Waals surface area contributed by atoms with Crippen molar-refractivity contribution < 1.29 is 26.4 Å². The second kappa shape index (κ2) is 6.33. The number of anilines is 2. The molecule has 3 N–H and O–H groups in total. The third kappa shape index (κ3) is 5.25. The zero-order valence-electron chi connectivity index (χ0n) is 11.2. The molecule has 0 atom stereocenters. The summed E-state index contributed by atoms with van der Waals surface area (Å²) in [5.41, 5.74) is 3.50. The molecule has 0 aromatic heterocycles. The summed E-state index contributed by atoms with van der Waals surface area (Å²) in [7, 11) is -3.56. The Hall–Kier alpha value is -1.77. The van der Waals surface area contributed by atoms with Crippen LogP contribution in [-0.2, 0) is 20.8 Å². The average Bonchev–Trinajstić information content (AvgIpc) is 2.29. The van der Waals surface area contributed by atoms with Crippen LogP contribution in [0.3, 0.4) is 0 Å². The highest BCUT2D eigenvalue weighted by molar-refractivity contribution is 7.92. The molecular weight excluding hydrogens is 309 g/mol. The Kier molecular flexibility index (Phi) is 5.21. The minimum atomic E-state index is -4.65. The highest BCUT2D eigenvalue weighted by Crippen LogP contribution is 2.35. The van der Waals surface area contributed by atoms with Crippen molar-refractivity contribution in [1.29, 1.82) is 0 Å². The maximum absolute atomic E-state index is 12.6. The van der Waals surface area contributed by atoms with E-state index in [0.717, 1.165) is 6.07 Å². The van der Waals surface area contributed by atoms with Crippen LogP contribution >= 0.6 is 0 Å². The predicted molar refractivity (Wildman–Crippen MR) is 73.4 cm³/mol. The molecule has 0 unspecified atom stereocenters. The first kappa shape index (κ1) is 17.3. The molecule has 0 fully saturated rings. The predicted octanol–water partition coefficient (Wildman–Crippen LogP) is 2.05. The number of nitrogens with two attached hydrogens (primary N) is 1. The van der Waals surface area contributed by atoms with Crippen molar-refractivity contribution in [2.75, 3.05) is 22.6 Å². The number of hydrogen-bond acceptors (Lipinski definition) is 4. The van der Waals surface area contributed by atoms with E-state index in [-0.39, 0.29) is 11.4 Å². The first-order valence-electron chi connectivity index (χ1n) is 6.02. The number of sulfone groups is 1. The molecular formula is C12H15F3N2O3S. The zero-order valence-corrected chi connectivity index (χ0v) is 12.0. The van der Waals surface area contributed by atoms with E-state index in [1.165, 1.54) is 6.07 Å². The van der Waals surface area contributed by atoms with Crippen molar-refractivity contribution in [3.8, 4) is 0 Å². The molecule has 9 heteroatoms. The van der Waals surface area contributed by atoms with Gasteiger partial charge in [0.25, 0.3) is 0 Å². The van der Waals surface area contributed by atoms with Crippen LogP contribution in [0.4, 0.5) is 24.5 Å². The summed E-state index contributed by atoms with van der Waals surface area (Å²) in [6.45, 7) is 1.64. The molecule has 0 saturated heterocycles. The van der Waals surface area contributed by atoms with Gasteiger partial charge in [0.05, 0.1) is 11.3 Å². The van der Waals surface area contributed by atoms with Crippen LogP contribution in [-0.4, -0.2) is 25.8 Å². The highest BCUT2D eigenvalue weighted by atomic mass is 32.2. The molecule has 118 valence electrons. The Bertz CT molecular complexity index is 627. The molecule has 21 heavy (non-hydrogen) atoms. The fraction of sp³-hybridized carbons (Fsp3) is 0.417. The van der Waals surface area contributed by atoms with E-state index in [0.29, 0.717) is 12.5 Å². The largest absolute Gasteiger partial charge is 0.418 e. The quantitative estimate of drug-likeness (QED) is 0.811. The summed E-state index contributed by atoms with van der Waals surface area (Å²) >= 11 is 0. The summed E-state index contributed by atoms with van der Waals surface area (Å²) in [4.78, 5) is 11.5. The van der Waals surface area contributed by atoms with Crippen molar-refractivity contribution in [1.82, 2.24) is 0 Å². The van der Waals surface area contributed by atoms with Gasteiger partial charge in [0.2, 0.25) is 5.91 Å². The lowest BCUT2D eigenvalue weighted by molar-refractivity contribution is -0.136. The Morgan fingerprint density at radius 1 is 1.33 bits per heavy atom. The van der Waals surface area contributed by atoms with E-state index < -0.39 is 38.9 Å². The third-order valence-electron chi connectivity index (χ3n) is 2.51. The van der Waals surface area contributed by atoms with E-state index in [1.807, 2.05) is 0 Å². The topological polar surface area (TPSA) is 89.3 Å². The van der Waals surface area contributed by atoms with Gasteiger partial charge in [-0.25, -0.2) is 8.42 Å². The molecule has 0 spiro atoms. The minimum absolute atomic E-state index is 0.157. The molecule has 1 amide bonds. The van der Waals surface area contributed by atoms with Crippen LogP contribution in [0.1, 0.15) is 18.9 Å². The number of alkyl halides is 3. The van der Waals surface area contributed by atoms with Gasteiger partial charge in [-0.3, -0.25) is 4.79 Å². The first-order valence-corrected chi connectivity index (χ1v) is 7.84. The molecule has 1 aromatic rings. The second-order valence-corrected chi connectivity index (χ2v) is 6.62. The van der Waals surface area contributed by atoms with Gasteiger partial charge in [-0.1, -0.05) is 6.92 Å². The average molecular weight is 324 g/mol. The Morgan fingerprint density at radius 3 is 2.48 bits per heavy atom. The molecule has 1 rings (SSSR count). The zero-order chi connectivity index (χ0) is 16.3. The van der Waals surface area contributed by atoms with Gasteiger partial charge in [0.15, 0.2) is 9.84 Å². The lowest BCUT2D eigenvalue weighted by Crippen LogP contribution is -2.24. The SMILES string of the molecule is CCCS(=O)(=O)CC(=O)Nc1ccc(N)c(C(F)(F)F)c1. The van der Waals surface area contributed by atoms with E-state index >= 15 is 0 Å².